The molecule has 1 saturated heterocycles. The van der Waals surface area contributed by atoms with Gasteiger partial charge < -0.3 is 31.7 Å². The number of likely N-dealkylation sites (tertiary alicyclic amines) is 1. The molecule has 1 unspecified atom stereocenters. The maximum absolute atomic E-state index is 11.4. The number of nitrogens with one attached hydrogen (secondary N) is 3. The molecule has 112 valence electrons. The Morgan fingerprint density at radius 2 is 1.68 bits per heavy atom. The summed E-state index contributed by atoms with van der Waals surface area (Å²) in [5.74, 6) is 0.0541. The van der Waals surface area contributed by atoms with Crippen molar-refractivity contribution in [3.8, 4) is 0 Å². The smallest absolute Gasteiger partial charge is 0.225 e. The van der Waals surface area contributed by atoms with Crippen LogP contribution in [0.2, 0.25) is 0 Å². The van der Waals surface area contributed by atoms with E-state index in [-0.39, 0.29) is 12.3 Å². The van der Waals surface area contributed by atoms with Crippen LogP contribution in [0.1, 0.15) is 6.42 Å². The number of hydrogen-bond acceptors (Lipinski definition) is 6. The Kier molecular flexibility index (Phi) is 8.68. The third-order valence-electron chi connectivity index (χ3n) is 3.03. The Morgan fingerprint density at radius 3 is 2.21 bits per heavy atom. The molecular formula is C12H27N5O2. The standard InChI is InChI=1S/C12H27N5O2/c13-1-2-14-3-4-15-5-6-16-7-8-17-10-11(18)9-12(17)19/h11,14-16,18H,1-10,13H2. The van der Waals surface area contributed by atoms with Crippen LogP contribution in [-0.2, 0) is 4.79 Å². The van der Waals surface area contributed by atoms with E-state index < -0.39 is 6.10 Å². The minimum absolute atomic E-state index is 0.0541. The molecule has 1 atom stereocenters. The van der Waals surface area contributed by atoms with Crippen LogP contribution in [0.15, 0.2) is 0 Å². The summed E-state index contributed by atoms with van der Waals surface area (Å²) in [5, 5.41) is 19.1. The monoisotopic (exact) mass is 273 g/mol. The lowest BCUT2D eigenvalue weighted by atomic mass is 10.3. The van der Waals surface area contributed by atoms with E-state index in [9.17, 15) is 9.90 Å². The van der Waals surface area contributed by atoms with Gasteiger partial charge in [0.05, 0.1) is 12.5 Å². The van der Waals surface area contributed by atoms with Gasteiger partial charge in [-0.2, -0.15) is 0 Å². The molecule has 1 heterocycles. The summed E-state index contributed by atoms with van der Waals surface area (Å²) in [6, 6.07) is 0. The molecule has 19 heavy (non-hydrogen) atoms. The average Bonchev–Trinajstić information content (AvgIpc) is 2.70. The van der Waals surface area contributed by atoms with Gasteiger partial charge in [-0.3, -0.25) is 4.79 Å². The van der Waals surface area contributed by atoms with Crippen LogP contribution < -0.4 is 21.7 Å². The quantitative estimate of drug-likeness (QED) is 0.263. The topological polar surface area (TPSA) is 103 Å². The number of aliphatic hydroxyl groups excluding tert-OH is 1. The molecule has 0 aromatic carbocycles. The van der Waals surface area contributed by atoms with Crippen molar-refractivity contribution in [1.82, 2.24) is 20.9 Å². The van der Waals surface area contributed by atoms with Crippen molar-refractivity contribution in [1.29, 1.82) is 0 Å². The van der Waals surface area contributed by atoms with Crippen LogP contribution in [0.4, 0.5) is 0 Å². The molecule has 1 fully saturated rings. The van der Waals surface area contributed by atoms with Crippen molar-refractivity contribution in [2.75, 3.05) is 58.9 Å². The first kappa shape index (κ1) is 16.3. The van der Waals surface area contributed by atoms with Crippen LogP contribution in [-0.4, -0.2) is 80.9 Å². The fourth-order valence-electron chi connectivity index (χ4n) is 2.01. The lowest BCUT2D eigenvalue weighted by molar-refractivity contribution is -0.127. The number of aliphatic hydroxyl groups is 1. The average molecular weight is 273 g/mol. The van der Waals surface area contributed by atoms with E-state index in [1.807, 2.05) is 0 Å². The second-order valence-electron chi connectivity index (χ2n) is 4.74. The van der Waals surface area contributed by atoms with E-state index in [2.05, 4.69) is 16.0 Å². The Bertz CT molecular complexity index is 252. The molecule has 1 rings (SSSR count). The van der Waals surface area contributed by atoms with Crippen LogP contribution in [0.3, 0.4) is 0 Å². The van der Waals surface area contributed by atoms with Crippen LogP contribution in [0.25, 0.3) is 0 Å². The van der Waals surface area contributed by atoms with Gasteiger partial charge in [0.25, 0.3) is 0 Å². The van der Waals surface area contributed by atoms with Gasteiger partial charge in [0.15, 0.2) is 0 Å². The van der Waals surface area contributed by atoms with E-state index in [0.29, 0.717) is 19.6 Å². The summed E-state index contributed by atoms with van der Waals surface area (Å²) in [6.07, 6.45) is -0.202. The van der Waals surface area contributed by atoms with Crippen LogP contribution >= 0.6 is 0 Å². The first-order valence-corrected chi connectivity index (χ1v) is 7.02. The SMILES string of the molecule is NCCNCCNCCNCCN1CC(O)CC1=O. The highest BCUT2D eigenvalue weighted by Gasteiger charge is 2.26. The Morgan fingerprint density at radius 1 is 1.11 bits per heavy atom. The van der Waals surface area contributed by atoms with Crippen LogP contribution in [0, 0.1) is 0 Å². The number of carbonyl (C=O) groups excluding carboxylic acids is 1. The molecule has 0 aliphatic carbocycles. The Balaban J connectivity index is 1.82. The Hall–Kier alpha value is -0.730. The highest BCUT2D eigenvalue weighted by molar-refractivity contribution is 5.78. The summed E-state index contributed by atoms with van der Waals surface area (Å²) in [6.45, 7) is 7.09. The largest absolute Gasteiger partial charge is 0.391 e. The number of β-amino-alcohol motifs (C(OH)–C–C–N with tert-alkyl or cyclic N) is 1. The molecular weight excluding hydrogens is 246 g/mol. The number of rotatable bonds is 11. The molecule has 7 nitrogen and oxygen atoms in total. The van der Waals surface area contributed by atoms with Gasteiger partial charge in [-0.05, 0) is 0 Å². The second kappa shape index (κ2) is 10.1. The van der Waals surface area contributed by atoms with E-state index >= 15 is 0 Å². The zero-order chi connectivity index (χ0) is 13.9. The first-order chi connectivity index (χ1) is 9.24. The fourth-order valence-corrected chi connectivity index (χ4v) is 2.01. The van der Waals surface area contributed by atoms with Gasteiger partial charge in [0, 0.05) is 58.9 Å². The van der Waals surface area contributed by atoms with E-state index in [4.69, 9.17) is 5.73 Å². The molecule has 6 N–H and O–H groups in total. The number of amides is 1. The second-order valence-corrected chi connectivity index (χ2v) is 4.74. The zero-order valence-electron chi connectivity index (χ0n) is 11.5. The van der Waals surface area contributed by atoms with Crippen molar-refractivity contribution in [3.63, 3.8) is 0 Å². The van der Waals surface area contributed by atoms with Gasteiger partial charge in [-0.1, -0.05) is 0 Å². The van der Waals surface area contributed by atoms with E-state index in [1.165, 1.54) is 0 Å². The van der Waals surface area contributed by atoms with Gasteiger partial charge in [0.1, 0.15) is 0 Å². The van der Waals surface area contributed by atoms with Crippen molar-refractivity contribution in [3.05, 3.63) is 0 Å². The van der Waals surface area contributed by atoms with Gasteiger partial charge >= 0.3 is 0 Å². The highest BCUT2D eigenvalue weighted by Crippen LogP contribution is 2.09. The molecule has 0 saturated carbocycles. The molecule has 1 aliphatic rings. The first-order valence-electron chi connectivity index (χ1n) is 7.02. The third-order valence-corrected chi connectivity index (χ3v) is 3.03. The van der Waals surface area contributed by atoms with Gasteiger partial charge in [-0.25, -0.2) is 0 Å². The molecule has 0 spiro atoms. The van der Waals surface area contributed by atoms with Crippen LogP contribution in [0.5, 0.6) is 0 Å². The summed E-state index contributed by atoms with van der Waals surface area (Å²) in [4.78, 5) is 13.1. The summed E-state index contributed by atoms with van der Waals surface area (Å²) >= 11 is 0. The normalized spacial score (nSPS) is 19.4. The van der Waals surface area contributed by atoms with E-state index in [1.54, 1.807) is 4.90 Å². The summed E-state index contributed by atoms with van der Waals surface area (Å²) in [7, 11) is 0. The van der Waals surface area contributed by atoms with Gasteiger partial charge in [-0.15, -0.1) is 0 Å². The molecule has 7 heteroatoms. The number of nitrogens with zero attached hydrogens (tertiary/aromatic N) is 1. The zero-order valence-corrected chi connectivity index (χ0v) is 11.5. The predicted molar refractivity (Wildman–Crippen MR) is 74.9 cm³/mol. The van der Waals surface area contributed by atoms with Crippen molar-refractivity contribution >= 4 is 5.91 Å². The summed E-state index contributed by atoms with van der Waals surface area (Å²) < 4.78 is 0. The maximum atomic E-state index is 11.4. The highest BCUT2D eigenvalue weighted by atomic mass is 16.3. The molecule has 1 amide bonds. The van der Waals surface area contributed by atoms with Gasteiger partial charge in [0.2, 0.25) is 5.91 Å². The lowest BCUT2D eigenvalue weighted by Crippen LogP contribution is -2.37. The Labute approximate surface area is 114 Å². The predicted octanol–water partition coefficient (Wildman–Crippen LogP) is -2.69. The lowest BCUT2D eigenvalue weighted by Gasteiger charge is -2.16. The number of hydrogen-bond donors (Lipinski definition) is 5. The molecule has 1 aliphatic heterocycles. The number of nitrogens with two attached hydrogens (primary N) is 1. The fraction of sp³-hybridized carbons (Fsp3) is 0.917. The molecule has 0 aromatic heterocycles. The number of carbonyl (C=O) groups is 1. The third kappa shape index (κ3) is 7.44. The molecule has 0 aromatic rings. The van der Waals surface area contributed by atoms with Crippen molar-refractivity contribution in [2.45, 2.75) is 12.5 Å². The van der Waals surface area contributed by atoms with E-state index in [0.717, 1.165) is 39.3 Å². The van der Waals surface area contributed by atoms with Crippen molar-refractivity contribution in [2.24, 2.45) is 5.73 Å². The minimum Gasteiger partial charge on any atom is -0.391 e. The van der Waals surface area contributed by atoms with Crippen molar-refractivity contribution < 1.29 is 9.90 Å². The summed E-state index contributed by atoms with van der Waals surface area (Å²) in [5.41, 5.74) is 5.36. The molecule has 0 bridgehead atoms. The molecule has 0 radical (unpaired) electrons. The minimum atomic E-state index is -0.477. The maximum Gasteiger partial charge on any atom is 0.225 e.